The number of phenolic OH excluding ortho intramolecular Hbond substituents is 1. The number of hydrogen-bond acceptors (Lipinski definition) is 4. The normalized spacial score (nSPS) is 11.4. The van der Waals surface area contributed by atoms with Gasteiger partial charge in [0.25, 0.3) is 5.56 Å². The number of pyridine rings is 1. The van der Waals surface area contributed by atoms with E-state index < -0.39 is 22.9 Å². The van der Waals surface area contributed by atoms with Crippen molar-refractivity contribution in [1.82, 2.24) is 10.3 Å². The third kappa shape index (κ3) is 5.33. The lowest BCUT2D eigenvalue weighted by Gasteiger charge is -2.15. The molecule has 0 saturated carbocycles. The second-order valence-corrected chi connectivity index (χ2v) is 8.09. The van der Waals surface area contributed by atoms with Gasteiger partial charge in [-0.25, -0.2) is 0 Å². The minimum absolute atomic E-state index is 0.0687. The summed E-state index contributed by atoms with van der Waals surface area (Å²) in [5.41, 5.74) is -1.78. The Bertz CT molecular complexity index is 1300. The van der Waals surface area contributed by atoms with E-state index >= 15 is 0 Å². The van der Waals surface area contributed by atoms with Gasteiger partial charge in [0, 0.05) is 38.8 Å². The molecule has 0 radical (unpaired) electrons. The maximum absolute atomic E-state index is 13.3. The van der Waals surface area contributed by atoms with Crippen molar-refractivity contribution in [1.29, 1.82) is 5.26 Å². The van der Waals surface area contributed by atoms with Crippen LogP contribution in [0.2, 0.25) is 10.0 Å². The number of phenols is 1. The molecule has 0 spiro atoms. The Morgan fingerprint density at radius 3 is 2.48 bits per heavy atom. The van der Waals surface area contributed by atoms with Crippen molar-refractivity contribution in [3.63, 3.8) is 0 Å². The SMILES string of the molecule is CCCNCc1cc(Cl)cc(-c2cc(-c3cc(C(F)(F)F)ccc3Cl)c(C#N)c(=O)[nH]2)c1O. The first-order valence-corrected chi connectivity index (χ1v) is 10.6. The monoisotopic (exact) mass is 495 g/mol. The third-order valence-corrected chi connectivity index (χ3v) is 5.46. The lowest BCUT2D eigenvalue weighted by Crippen LogP contribution is -2.15. The van der Waals surface area contributed by atoms with Gasteiger partial charge in [0.2, 0.25) is 0 Å². The van der Waals surface area contributed by atoms with Crippen LogP contribution in [0, 0.1) is 11.3 Å². The topological polar surface area (TPSA) is 88.9 Å². The summed E-state index contributed by atoms with van der Waals surface area (Å²) in [6.45, 7) is 2.99. The molecule has 0 unspecified atom stereocenters. The second kappa shape index (κ2) is 9.87. The van der Waals surface area contributed by atoms with Crippen LogP contribution in [-0.2, 0) is 12.7 Å². The molecule has 0 bridgehead atoms. The summed E-state index contributed by atoms with van der Waals surface area (Å²) in [7, 11) is 0. The highest BCUT2D eigenvalue weighted by atomic mass is 35.5. The molecular formula is C23H18Cl2F3N3O2. The highest BCUT2D eigenvalue weighted by Gasteiger charge is 2.31. The largest absolute Gasteiger partial charge is 0.507 e. The lowest BCUT2D eigenvalue weighted by molar-refractivity contribution is -0.137. The smallest absolute Gasteiger partial charge is 0.416 e. The molecule has 1 heterocycles. The van der Waals surface area contributed by atoms with Crippen molar-refractivity contribution in [3.05, 3.63) is 73.5 Å². The van der Waals surface area contributed by atoms with Crippen LogP contribution >= 0.6 is 23.2 Å². The zero-order chi connectivity index (χ0) is 24.3. The predicted molar refractivity (Wildman–Crippen MR) is 121 cm³/mol. The van der Waals surface area contributed by atoms with E-state index in [0.717, 1.165) is 24.6 Å². The molecule has 172 valence electrons. The van der Waals surface area contributed by atoms with Crippen molar-refractivity contribution in [3.8, 4) is 34.2 Å². The standard InChI is InChI=1S/C23H18Cl2F3N3O2/c1-2-5-30-11-12-6-14(24)8-17(21(12)32)20-9-15(18(10-29)22(33)31-20)16-7-13(23(26,27)28)3-4-19(16)25/h3-4,6-9,30,32H,2,5,11H2,1H3,(H,31,33). The number of hydrogen-bond donors (Lipinski definition) is 3. The summed E-state index contributed by atoms with van der Waals surface area (Å²) in [5, 5.41) is 23.6. The quantitative estimate of drug-likeness (QED) is 0.359. The number of aromatic hydroxyl groups is 1. The Hall–Kier alpha value is -2.99. The number of halogens is 5. The molecule has 0 fully saturated rings. The van der Waals surface area contributed by atoms with Crippen molar-refractivity contribution in [2.45, 2.75) is 26.1 Å². The Kier molecular flexibility index (Phi) is 7.38. The molecule has 3 aromatic rings. The summed E-state index contributed by atoms with van der Waals surface area (Å²) in [6.07, 6.45) is -3.78. The summed E-state index contributed by atoms with van der Waals surface area (Å²) in [6, 6.07) is 8.63. The summed E-state index contributed by atoms with van der Waals surface area (Å²) in [5.74, 6) is -0.163. The minimum atomic E-state index is -4.65. The van der Waals surface area contributed by atoms with Gasteiger partial charge in [-0.3, -0.25) is 4.79 Å². The van der Waals surface area contributed by atoms with Gasteiger partial charge in [-0.1, -0.05) is 30.1 Å². The van der Waals surface area contributed by atoms with Gasteiger partial charge < -0.3 is 15.4 Å². The van der Waals surface area contributed by atoms with E-state index in [1.54, 1.807) is 12.1 Å². The summed E-state index contributed by atoms with van der Waals surface area (Å²) >= 11 is 12.4. The molecule has 3 N–H and O–H groups in total. The Labute approximate surface area is 197 Å². The zero-order valence-electron chi connectivity index (χ0n) is 17.3. The summed E-state index contributed by atoms with van der Waals surface area (Å²) < 4.78 is 39.8. The fourth-order valence-corrected chi connectivity index (χ4v) is 3.79. The van der Waals surface area contributed by atoms with E-state index in [-0.39, 0.29) is 38.2 Å². The van der Waals surface area contributed by atoms with E-state index in [0.29, 0.717) is 18.7 Å². The van der Waals surface area contributed by atoms with Gasteiger partial charge in [0.15, 0.2) is 0 Å². The fourth-order valence-electron chi connectivity index (χ4n) is 3.33. The van der Waals surface area contributed by atoms with Crippen LogP contribution < -0.4 is 10.9 Å². The lowest BCUT2D eigenvalue weighted by atomic mass is 9.96. The molecule has 0 aliphatic heterocycles. The highest BCUT2D eigenvalue weighted by molar-refractivity contribution is 6.33. The molecule has 2 aromatic carbocycles. The van der Waals surface area contributed by atoms with Crippen molar-refractivity contribution in [2.75, 3.05) is 6.54 Å². The molecule has 0 aliphatic carbocycles. The van der Waals surface area contributed by atoms with E-state index in [2.05, 4.69) is 10.3 Å². The van der Waals surface area contributed by atoms with Crippen molar-refractivity contribution < 1.29 is 18.3 Å². The Balaban J connectivity index is 2.24. The van der Waals surface area contributed by atoms with Gasteiger partial charge >= 0.3 is 6.18 Å². The Morgan fingerprint density at radius 1 is 1.12 bits per heavy atom. The maximum Gasteiger partial charge on any atom is 0.416 e. The number of aromatic amines is 1. The summed E-state index contributed by atoms with van der Waals surface area (Å²) in [4.78, 5) is 15.2. The average molecular weight is 496 g/mol. The number of nitriles is 1. The molecule has 5 nitrogen and oxygen atoms in total. The number of nitrogens with zero attached hydrogens (tertiary/aromatic N) is 1. The fraction of sp³-hybridized carbons (Fsp3) is 0.217. The van der Waals surface area contributed by atoms with Crippen LogP contribution in [0.4, 0.5) is 13.2 Å². The number of H-pyrrole nitrogens is 1. The first-order valence-electron chi connectivity index (χ1n) is 9.83. The molecule has 0 saturated heterocycles. The van der Waals surface area contributed by atoms with Gasteiger partial charge in [-0.05, 0) is 49.4 Å². The van der Waals surface area contributed by atoms with Crippen LogP contribution in [-0.4, -0.2) is 16.6 Å². The van der Waals surface area contributed by atoms with Crippen LogP contribution in [0.25, 0.3) is 22.4 Å². The van der Waals surface area contributed by atoms with Gasteiger partial charge in [-0.15, -0.1) is 0 Å². The maximum atomic E-state index is 13.3. The number of nitrogens with one attached hydrogen (secondary N) is 2. The zero-order valence-corrected chi connectivity index (χ0v) is 18.8. The average Bonchev–Trinajstić information content (AvgIpc) is 2.75. The van der Waals surface area contributed by atoms with Gasteiger partial charge in [0.1, 0.15) is 17.4 Å². The van der Waals surface area contributed by atoms with E-state index in [4.69, 9.17) is 23.2 Å². The van der Waals surface area contributed by atoms with E-state index in [9.17, 15) is 28.3 Å². The van der Waals surface area contributed by atoms with E-state index in [1.165, 1.54) is 12.1 Å². The molecule has 3 rings (SSSR count). The predicted octanol–water partition coefficient (Wildman–Crippen LogP) is 6.11. The third-order valence-electron chi connectivity index (χ3n) is 4.91. The Morgan fingerprint density at radius 2 is 1.85 bits per heavy atom. The minimum Gasteiger partial charge on any atom is -0.507 e. The van der Waals surface area contributed by atoms with Gasteiger partial charge in [-0.2, -0.15) is 18.4 Å². The van der Waals surface area contributed by atoms with Crippen molar-refractivity contribution >= 4 is 23.2 Å². The van der Waals surface area contributed by atoms with Crippen LogP contribution in [0.1, 0.15) is 30.0 Å². The van der Waals surface area contributed by atoms with Gasteiger partial charge in [0.05, 0.1) is 11.3 Å². The molecule has 0 amide bonds. The first-order chi connectivity index (χ1) is 15.6. The van der Waals surface area contributed by atoms with Crippen LogP contribution in [0.3, 0.4) is 0 Å². The molecule has 10 heteroatoms. The van der Waals surface area contributed by atoms with E-state index in [1.807, 2.05) is 6.92 Å². The molecule has 0 atom stereocenters. The molecule has 0 aliphatic rings. The number of aromatic nitrogens is 1. The highest BCUT2D eigenvalue weighted by Crippen LogP contribution is 2.39. The molecule has 33 heavy (non-hydrogen) atoms. The van der Waals surface area contributed by atoms with Crippen molar-refractivity contribution in [2.24, 2.45) is 0 Å². The van der Waals surface area contributed by atoms with Crippen LogP contribution in [0.5, 0.6) is 5.75 Å². The first kappa shape index (κ1) is 24.6. The number of rotatable bonds is 6. The number of alkyl halides is 3. The second-order valence-electron chi connectivity index (χ2n) is 7.24. The molecule has 1 aromatic heterocycles. The number of benzene rings is 2. The van der Waals surface area contributed by atoms with Crippen LogP contribution in [0.15, 0.2) is 41.2 Å². The molecular weight excluding hydrogens is 478 g/mol.